The van der Waals surface area contributed by atoms with E-state index in [0.717, 1.165) is 33.4 Å². The molecule has 0 unspecified atom stereocenters. The normalized spacial score (nSPS) is 11.3. The molecule has 0 atom stereocenters. The van der Waals surface area contributed by atoms with Gasteiger partial charge in [0.2, 0.25) is 5.16 Å². The molecule has 4 rings (SSSR count). The fourth-order valence-electron chi connectivity index (χ4n) is 2.36. The monoisotopic (exact) mass is 307 g/mol. The van der Waals surface area contributed by atoms with Crippen molar-refractivity contribution in [1.82, 2.24) is 25.1 Å². The minimum atomic E-state index is 0.666. The predicted molar refractivity (Wildman–Crippen MR) is 87.7 cm³/mol. The van der Waals surface area contributed by atoms with Gasteiger partial charge in [0.1, 0.15) is 5.52 Å². The van der Waals surface area contributed by atoms with E-state index in [4.69, 9.17) is 0 Å². The Labute approximate surface area is 131 Å². The molecule has 1 N–H and O–H groups in total. The average molecular weight is 307 g/mol. The summed E-state index contributed by atoms with van der Waals surface area (Å²) in [6.45, 7) is 2.07. The zero-order chi connectivity index (χ0) is 14.9. The number of pyridine rings is 1. The Hall–Kier alpha value is -2.47. The van der Waals surface area contributed by atoms with Gasteiger partial charge in [-0.15, -0.1) is 10.2 Å². The van der Waals surface area contributed by atoms with E-state index in [0.29, 0.717) is 5.16 Å². The van der Waals surface area contributed by atoms with E-state index < -0.39 is 0 Å². The summed E-state index contributed by atoms with van der Waals surface area (Å²) < 4.78 is 0. The van der Waals surface area contributed by atoms with Gasteiger partial charge in [-0.1, -0.05) is 29.5 Å². The zero-order valence-electron chi connectivity index (χ0n) is 11.9. The first-order valence-electron chi connectivity index (χ1n) is 6.94. The number of nitrogens with zero attached hydrogens (tertiary/aromatic N) is 4. The number of fused-ring (bicyclic) bond motifs is 3. The van der Waals surface area contributed by atoms with Crippen LogP contribution in [0.4, 0.5) is 0 Å². The van der Waals surface area contributed by atoms with E-state index in [1.165, 1.54) is 5.56 Å². The number of thioether (sulfide) groups is 1. The molecule has 3 aromatic heterocycles. The van der Waals surface area contributed by atoms with Crippen LogP contribution in [0.25, 0.3) is 22.1 Å². The Morgan fingerprint density at radius 2 is 2.14 bits per heavy atom. The SMILES string of the molecule is Cc1ccc2[nH]c3nc(SCc4cccnc4)nnc3c2c1. The van der Waals surface area contributed by atoms with E-state index in [1.807, 2.05) is 18.3 Å². The topological polar surface area (TPSA) is 67.3 Å². The van der Waals surface area contributed by atoms with Gasteiger partial charge in [0, 0.05) is 29.0 Å². The van der Waals surface area contributed by atoms with Gasteiger partial charge in [-0.3, -0.25) is 4.98 Å². The van der Waals surface area contributed by atoms with E-state index in [9.17, 15) is 0 Å². The number of aromatic nitrogens is 5. The number of benzene rings is 1. The Bertz CT molecular complexity index is 949. The number of aromatic amines is 1. The van der Waals surface area contributed by atoms with E-state index >= 15 is 0 Å². The van der Waals surface area contributed by atoms with Gasteiger partial charge in [-0.2, -0.15) is 0 Å². The summed E-state index contributed by atoms with van der Waals surface area (Å²) in [6, 6.07) is 10.2. The highest BCUT2D eigenvalue weighted by Crippen LogP contribution is 2.25. The molecule has 0 aliphatic heterocycles. The standard InChI is InChI=1S/C16H13N5S/c1-10-4-5-13-12(7-10)14-15(18-13)19-16(21-20-14)22-9-11-3-2-6-17-8-11/h2-8H,9H2,1H3,(H,18,19,21). The van der Waals surface area contributed by atoms with Crippen LogP contribution in [0.1, 0.15) is 11.1 Å². The fraction of sp³-hybridized carbons (Fsp3) is 0.125. The second kappa shape index (κ2) is 5.38. The largest absolute Gasteiger partial charge is 0.338 e. The van der Waals surface area contributed by atoms with Crippen molar-refractivity contribution < 1.29 is 0 Å². The maximum Gasteiger partial charge on any atom is 0.211 e. The Kier molecular flexibility index (Phi) is 3.23. The summed E-state index contributed by atoms with van der Waals surface area (Å²) in [4.78, 5) is 12.0. The first-order chi connectivity index (χ1) is 10.8. The first kappa shape index (κ1) is 13.2. The highest BCUT2D eigenvalue weighted by Gasteiger charge is 2.09. The van der Waals surface area contributed by atoms with Crippen LogP contribution in [0, 0.1) is 6.92 Å². The van der Waals surface area contributed by atoms with Gasteiger partial charge in [0.25, 0.3) is 0 Å². The highest BCUT2D eigenvalue weighted by molar-refractivity contribution is 7.98. The van der Waals surface area contributed by atoms with Gasteiger partial charge in [0.15, 0.2) is 5.65 Å². The van der Waals surface area contributed by atoms with Gasteiger partial charge in [-0.25, -0.2) is 4.98 Å². The molecule has 0 bridgehead atoms. The van der Waals surface area contributed by atoms with Gasteiger partial charge in [-0.05, 0) is 30.7 Å². The minimum Gasteiger partial charge on any atom is -0.338 e. The van der Waals surface area contributed by atoms with Crippen molar-refractivity contribution in [2.45, 2.75) is 17.8 Å². The second-order valence-electron chi connectivity index (χ2n) is 5.12. The molecule has 0 radical (unpaired) electrons. The quantitative estimate of drug-likeness (QED) is 0.587. The summed E-state index contributed by atoms with van der Waals surface area (Å²) in [7, 11) is 0. The summed E-state index contributed by atoms with van der Waals surface area (Å²) in [5.74, 6) is 0.778. The molecular formula is C16H13N5S. The Morgan fingerprint density at radius 3 is 3.00 bits per heavy atom. The van der Waals surface area contributed by atoms with Crippen LogP contribution < -0.4 is 0 Å². The Balaban J connectivity index is 1.67. The molecule has 22 heavy (non-hydrogen) atoms. The van der Waals surface area contributed by atoms with Crippen molar-refractivity contribution in [1.29, 1.82) is 0 Å². The predicted octanol–water partition coefficient (Wildman–Crippen LogP) is 3.50. The summed E-state index contributed by atoms with van der Waals surface area (Å²) >= 11 is 1.56. The number of rotatable bonds is 3. The van der Waals surface area contributed by atoms with Crippen molar-refractivity contribution >= 4 is 33.8 Å². The van der Waals surface area contributed by atoms with E-state index in [-0.39, 0.29) is 0 Å². The van der Waals surface area contributed by atoms with Crippen molar-refractivity contribution in [3.63, 3.8) is 0 Å². The van der Waals surface area contributed by atoms with Crippen LogP contribution >= 0.6 is 11.8 Å². The lowest BCUT2D eigenvalue weighted by atomic mass is 10.2. The molecule has 4 aromatic rings. The van der Waals surface area contributed by atoms with Crippen LogP contribution in [-0.4, -0.2) is 25.1 Å². The maximum absolute atomic E-state index is 4.57. The lowest BCUT2D eigenvalue weighted by molar-refractivity contribution is 0.878. The molecule has 1 aromatic carbocycles. The molecule has 0 saturated heterocycles. The molecule has 0 amide bonds. The van der Waals surface area contributed by atoms with Crippen LogP contribution in [-0.2, 0) is 5.75 Å². The van der Waals surface area contributed by atoms with Crippen molar-refractivity contribution in [3.05, 3.63) is 53.9 Å². The average Bonchev–Trinajstić information content (AvgIpc) is 2.91. The number of hydrogen-bond donors (Lipinski definition) is 1. The molecule has 6 heteroatoms. The number of aryl methyl sites for hydroxylation is 1. The molecule has 5 nitrogen and oxygen atoms in total. The van der Waals surface area contributed by atoms with Crippen LogP contribution in [0.15, 0.2) is 47.9 Å². The van der Waals surface area contributed by atoms with E-state index in [1.54, 1.807) is 18.0 Å². The molecule has 0 aliphatic rings. The third kappa shape index (κ3) is 2.42. The minimum absolute atomic E-state index is 0.666. The lowest BCUT2D eigenvalue weighted by Crippen LogP contribution is -1.92. The van der Waals surface area contributed by atoms with Gasteiger partial charge >= 0.3 is 0 Å². The summed E-state index contributed by atoms with van der Waals surface area (Å²) in [6.07, 6.45) is 3.62. The van der Waals surface area contributed by atoms with Crippen LogP contribution in [0.3, 0.4) is 0 Å². The fourth-order valence-corrected chi connectivity index (χ4v) is 3.08. The van der Waals surface area contributed by atoms with Crippen molar-refractivity contribution in [2.75, 3.05) is 0 Å². The molecule has 0 fully saturated rings. The molecule has 3 heterocycles. The smallest absolute Gasteiger partial charge is 0.211 e. The summed E-state index contributed by atoms with van der Waals surface area (Å²) in [5, 5.41) is 10.3. The lowest BCUT2D eigenvalue weighted by Gasteiger charge is -1.99. The van der Waals surface area contributed by atoms with E-state index in [2.05, 4.69) is 50.3 Å². The zero-order valence-corrected chi connectivity index (χ0v) is 12.8. The molecule has 0 saturated carbocycles. The second-order valence-corrected chi connectivity index (χ2v) is 6.06. The van der Waals surface area contributed by atoms with Crippen LogP contribution in [0.2, 0.25) is 0 Å². The number of hydrogen-bond acceptors (Lipinski definition) is 5. The van der Waals surface area contributed by atoms with Crippen molar-refractivity contribution in [3.8, 4) is 0 Å². The molecular weight excluding hydrogens is 294 g/mol. The van der Waals surface area contributed by atoms with Crippen molar-refractivity contribution in [2.24, 2.45) is 0 Å². The molecule has 0 aliphatic carbocycles. The molecule has 108 valence electrons. The van der Waals surface area contributed by atoms with Crippen LogP contribution in [0.5, 0.6) is 0 Å². The number of nitrogens with one attached hydrogen (secondary N) is 1. The number of H-pyrrole nitrogens is 1. The highest BCUT2D eigenvalue weighted by atomic mass is 32.2. The molecule has 0 spiro atoms. The maximum atomic E-state index is 4.57. The third-order valence-corrected chi connectivity index (χ3v) is 4.35. The van der Waals surface area contributed by atoms with Gasteiger partial charge in [0.05, 0.1) is 0 Å². The summed E-state index contributed by atoms with van der Waals surface area (Å²) in [5.41, 5.74) is 4.99. The third-order valence-electron chi connectivity index (χ3n) is 3.44. The first-order valence-corrected chi connectivity index (χ1v) is 7.92. The van der Waals surface area contributed by atoms with Gasteiger partial charge < -0.3 is 4.98 Å². The Morgan fingerprint density at radius 1 is 1.18 bits per heavy atom.